The van der Waals surface area contributed by atoms with E-state index in [1.165, 1.54) is 31.5 Å². The Morgan fingerprint density at radius 1 is 1.33 bits per heavy atom. The molecular formula is C15H24N2O. The van der Waals surface area contributed by atoms with Crippen molar-refractivity contribution in [1.82, 2.24) is 4.90 Å². The van der Waals surface area contributed by atoms with Crippen LogP contribution in [0.4, 0.5) is 0 Å². The molecule has 1 aromatic rings. The lowest BCUT2D eigenvalue weighted by Crippen LogP contribution is -2.25. The van der Waals surface area contributed by atoms with Gasteiger partial charge in [-0.15, -0.1) is 0 Å². The minimum absolute atomic E-state index is 0.0201. The Balaban J connectivity index is 1.91. The van der Waals surface area contributed by atoms with Gasteiger partial charge in [-0.1, -0.05) is 17.7 Å². The van der Waals surface area contributed by atoms with Gasteiger partial charge in [-0.2, -0.15) is 0 Å². The van der Waals surface area contributed by atoms with E-state index < -0.39 is 0 Å². The van der Waals surface area contributed by atoms with Crippen LogP contribution in [-0.2, 0) is 0 Å². The molecule has 0 aromatic heterocycles. The quantitative estimate of drug-likeness (QED) is 0.870. The SMILES string of the molecule is Cc1ccc(OCCN2CCCC2)c(C(C)N)c1. The molecule has 100 valence electrons. The average Bonchev–Trinajstić information content (AvgIpc) is 2.84. The van der Waals surface area contributed by atoms with Crippen LogP contribution in [-0.4, -0.2) is 31.1 Å². The summed E-state index contributed by atoms with van der Waals surface area (Å²) >= 11 is 0. The van der Waals surface area contributed by atoms with Crippen LogP contribution in [0.3, 0.4) is 0 Å². The molecule has 1 atom stereocenters. The smallest absolute Gasteiger partial charge is 0.124 e. The predicted molar refractivity (Wildman–Crippen MR) is 75.0 cm³/mol. The van der Waals surface area contributed by atoms with Crippen LogP contribution in [0, 0.1) is 6.92 Å². The summed E-state index contributed by atoms with van der Waals surface area (Å²) in [6.45, 7) is 8.30. The van der Waals surface area contributed by atoms with E-state index >= 15 is 0 Å². The number of likely N-dealkylation sites (tertiary alicyclic amines) is 1. The van der Waals surface area contributed by atoms with Gasteiger partial charge in [0.2, 0.25) is 0 Å². The first kappa shape index (κ1) is 13.4. The standard InChI is InChI=1S/C15H24N2O/c1-12-5-6-15(14(11-12)13(2)16)18-10-9-17-7-3-4-8-17/h5-6,11,13H,3-4,7-10,16H2,1-2H3. The van der Waals surface area contributed by atoms with Gasteiger partial charge in [-0.3, -0.25) is 4.90 Å². The Labute approximate surface area is 110 Å². The normalized spacial score (nSPS) is 17.9. The third-order valence-electron chi connectivity index (χ3n) is 3.52. The molecule has 2 rings (SSSR count). The van der Waals surface area contributed by atoms with E-state index in [1.807, 2.05) is 13.0 Å². The molecule has 2 N–H and O–H groups in total. The second-order valence-electron chi connectivity index (χ2n) is 5.23. The van der Waals surface area contributed by atoms with E-state index in [1.54, 1.807) is 0 Å². The van der Waals surface area contributed by atoms with Crippen molar-refractivity contribution in [3.05, 3.63) is 29.3 Å². The molecule has 0 spiro atoms. The lowest BCUT2D eigenvalue weighted by atomic mass is 10.1. The highest BCUT2D eigenvalue weighted by Crippen LogP contribution is 2.25. The van der Waals surface area contributed by atoms with Gasteiger partial charge in [0, 0.05) is 18.2 Å². The molecule has 0 amide bonds. The van der Waals surface area contributed by atoms with Crippen LogP contribution in [0.2, 0.25) is 0 Å². The van der Waals surface area contributed by atoms with Crippen molar-refractivity contribution in [2.75, 3.05) is 26.2 Å². The van der Waals surface area contributed by atoms with Gasteiger partial charge in [0.05, 0.1) is 0 Å². The van der Waals surface area contributed by atoms with E-state index in [0.29, 0.717) is 0 Å². The summed E-state index contributed by atoms with van der Waals surface area (Å²) in [5.74, 6) is 0.940. The van der Waals surface area contributed by atoms with E-state index in [-0.39, 0.29) is 6.04 Å². The first-order valence-electron chi connectivity index (χ1n) is 6.88. The molecule has 1 heterocycles. The number of nitrogens with zero attached hydrogens (tertiary/aromatic N) is 1. The minimum Gasteiger partial charge on any atom is -0.492 e. The van der Waals surface area contributed by atoms with Crippen molar-refractivity contribution in [2.45, 2.75) is 32.7 Å². The molecule has 0 aliphatic carbocycles. The third-order valence-corrected chi connectivity index (χ3v) is 3.52. The van der Waals surface area contributed by atoms with Crippen molar-refractivity contribution in [1.29, 1.82) is 0 Å². The number of rotatable bonds is 5. The molecule has 1 aliphatic heterocycles. The molecule has 18 heavy (non-hydrogen) atoms. The maximum atomic E-state index is 5.99. The van der Waals surface area contributed by atoms with E-state index in [0.717, 1.165) is 24.5 Å². The van der Waals surface area contributed by atoms with Crippen molar-refractivity contribution in [3.63, 3.8) is 0 Å². The summed E-state index contributed by atoms with van der Waals surface area (Å²) in [5.41, 5.74) is 8.33. The summed E-state index contributed by atoms with van der Waals surface area (Å²) in [5, 5.41) is 0. The highest BCUT2D eigenvalue weighted by Gasteiger charge is 2.12. The average molecular weight is 248 g/mol. The Bertz CT molecular complexity index is 384. The summed E-state index contributed by atoms with van der Waals surface area (Å²) in [6, 6.07) is 6.26. The summed E-state index contributed by atoms with van der Waals surface area (Å²) in [7, 11) is 0. The zero-order chi connectivity index (χ0) is 13.0. The zero-order valence-corrected chi connectivity index (χ0v) is 11.5. The van der Waals surface area contributed by atoms with E-state index in [9.17, 15) is 0 Å². The summed E-state index contributed by atoms with van der Waals surface area (Å²) in [6.07, 6.45) is 2.66. The van der Waals surface area contributed by atoms with Gasteiger partial charge in [-0.25, -0.2) is 0 Å². The lowest BCUT2D eigenvalue weighted by Gasteiger charge is -2.18. The highest BCUT2D eigenvalue weighted by molar-refractivity contribution is 5.38. The zero-order valence-electron chi connectivity index (χ0n) is 11.5. The Kier molecular flexibility index (Phi) is 4.61. The van der Waals surface area contributed by atoms with Crippen molar-refractivity contribution in [2.24, 2.45) is 5.73 Å². The van der Waals surface area contributed by atoms with Crippen LogP contribution in [0.15, 0.2) is 18.2 Å². The molecule has 1 fully saturated rings. The fourth-order valence-electron chi connectivity index (χ4n) is 2.45. The van der Waals surface area contributed by atoms with Gasteiger partial charge in [-0.05, 0) is 45.8 Å². The van der Waals surface area contributed by atoms with Gasteiger partial charge in [0.25, 0.3) is 0 Å². The molecule has 1 aromatic carbocycles. The third kappa shape index (κ3) is 3.47. The van der Waals surface area contributed by atoms with Crippen molar-refractivity contribution in [3.8, 4) is 5.75 Å². The largest absolute Gasteiger partial charge is 0.492 e. The highest BCUT2D eigenvalue weighted by atomic mass is 16.5. The Morgan fingerprint density at radius 3 is 2.72 bits per heavy atom. The lowest BCUT2D eigenvalue weighted by molar-refractivity contribution is 0.236. The maximum absolute atomic E-state index is 5.99. The van der Waals surface area contributed by atoms with E-state index in [2.05, 4.69) is 24.0 Å². The topological polar surface area (TPSA) is 38.5 Å². The predicted octanol–water partition coefficient (Wildman–Crippen LogP) is 2.49. The van der Waals surface area contributed by atoms with Crippen molar-refractivity contribution < 1.29 is 4.74 Å². The number of aryl methyl sites for hydroxylation is 1. The Morgan fingerprint density at radius 2 is 2.06 bits per heavy atom. The number of hydrogen-bond acceptors (Lipinski definition) is 3. The number of benzene rings is 1. The number of ether oxygens (including phenoxy) is 1. The summed E-state index contributed by atoms with van der Waals surface area (Å²) < 4.78 is 5.89. The van der Waals surface area contributed by atoms with Crippen LogP contribution in [0.1, 0.15) is 36.9 Å². The maximum Gasteiger partial charge on any atom is 0.124 e. The second kappa shape index (κ2) is 6.21. The van der Waals surface area contributed by atoms with Crippen LogP contribution in [0.25, 0.3) is 0 Å². The Hall–Kier alpha value is -1.06. The number of nitrogens with two attached hydrogens (primary N) is 1. The first-order chi connectivity index (χ1) is 8.66. The molecule has 1 unspecified atom stereocenters. The van der Waals surface area contributed by atoms with Crippen LogP contribution < -0.4 is 10.5 Å². The molecule has 3 heteroatoms. The molecule has 3 nitrogen and oxygen atoms in total. The minimum atomic E-state index is 0.0201. The fourth-order valence-corrected chi connectivity index (χ4v) is 2.45. The number of hydrogen-bond donors (Lipinski definition) is 1. The van der Waals surface area contributed by atoms with Crippen LogP contribution in [0.5, 0.6) is 5.75 Å². The van der Waals surface area contributed by atoms with Crippen LogP contribution >= 0.6 is 0 Å². The van der Waals surface area contributed by atoms with Gasteiger partial charge in [0.1, 0.15) is 12.4 Å². The fraction of sp³-hybridized carbons (Fsp3) is 0.600. The van der Waals surface area contributed by atoms with Gasteiger partial charge >= 0.3 is 0 Å². The molecule has 1 saturated heterocycles. The molecule has 0 saturated carbocycles. The van der Waals surface area contributed by atoms with E-state index in [4.69, 9.17) is 10.5 Å². The summed E-state index contributed by atoms with van der Waals surface area (Å²) in [4.78, 5) is 2.46. The molecular weight excluding hydrogens is 224 g/mol. The molecule has 1 aliphatic rings. The monoisotopic (exact) mass is 248 g/mol. The van der Waals surface area contributed by atoms with Gasteiger partial charge < -0.3 is 10.5 Å². The molecule has 0 bridgehead atoms. The second-order valence-corrected chi connectivity index (χ2v) is 5.23. The first-order valence-corrected chi connectivity index (χ1v) is 6.88. The van der Waals surface area contributed by atoms with Crippen molar-refractivity contribution >= 4 is 0 Å². The molecule has 0 radical (unpaired) electrons. The van der Waals surface area contributed by atoms with Gasteiger partial charge in [0.15, 0.2) is 0 Å².